The molecule has 0 aromatic heterocycles. The van der Waals surface area contributed by atoms with Crippen molar-refractivity contribution in [1.82, 2.24) is 0 Å². The number of hydrogen-bond acceptors (Lipinski definition) is 3. The molecule has 1 aromatic rings. The zero-order chi connectivity index (χ0) is 14.0. The number of sulfone groups is 1. The van der Waals surface area contributed by atoms with Crippen LogP contribution in [0.5, 0.6) is 0 Å². The second-order valence-electron chi connectivity index (χ2n) is 4.65. The summed E-state index contributed by atoms with van der Waals surface area (Å²) in [5.41, 5.74) is 0.444. The maximum absolute atomic E-state index is 11.8. The van der Waals surface area contributed by atoms with Gasteiger partial charge in [-0.2, -0.15) is 0 Å². The Labute approximate surface area is 122 Å². The van der Waals surface area contributed by atoms with Gasteiger partial charge in [0.25, 0.3) is 0 Å². The van der Waals surface area contributed by atoms with Crippen LogP contribution in [-0.2, 0) is 14.6 Å². The van der Waals surface area contributed by atoms with E-state index < -0.39 is 9.84 Å². The Morgan fingerprint density at radius 3 is 2.74 bits per heavy atom. The second kappa shape index (κ2) is 5.69. The largest absolute Gasteiger partial charge is 0.325 e. The van der Waals surface area contributed by atoms with Crippen molar-refractivity contribution < 1.29 is 13.2 Å². The van der Waals surface area contributed by atoms with Crippen molar-refractivity contribution in [2.45, 2.75) is 12.8 Å². The molecule has 0 radical (unpaired) electrons. The Hall–Kier alpha value is -0.780. The Balaban J connectivity index is 1.97. The first-order valence-electron chi connectivity index (χ1n) is 5.81. The fraction of sp³-hybridized carbons (Fsp3) is 0.417. The minimum absolute atomic E-state index is 0.0870. The van der Waals surface area contributed by atoms with Gasteiger partial charge in [0.1, 0.15) is 0 Å². The highest BCUT2D eigenvalue weighted by Crippen LogP contribution is 2.27. The summed E-state index contributed by atoms with van der Waals surface area (Å²) in [4.78, 5) is 11.8. The van der Waals surface area contributed by atoms with E-state index in [1.165, 1.54) is 0 Å². The summed E-state index contributed by atoms with van der Waals surface area (Å²) in [6.45, 7) is 0. The Kier molecular flexibility index (Phi) is 4.38. The molecule has 1 heterocycles. The highest BCUT2D eigenvalue weighted by molar-refractivity contribution is 7.91. The lowest BCUT2D eigenvalue weighted by atomic mass is 10.1. The topological polar surface area (TPSA) is 63.2 Å². The highest BCUT2D eigenvalue weighted by atomic mass is 35.5. The molecular weight excluding hydrogens is 309 g/mol. The molecule has 7 heteroatoms. The molecule has 1 amide bonds. The summed E-state index contributed by atoms with van der Waals surface area (Å²) in [6.07, 6.45) is 0.723. The standard InChI is InChI=1S/C12H13Cl2NO3S/c13-9-1-2-10(14)11(6-9)15-12(16)5-8-3-4-19(17,18)7-8/h1-2,6,8H,3-5,7H2,(H,15,16). The van der Waals surface area contributed by atoms with Crippen molar-refractivity contribution in [1.29, 1.82) is 0 Å². The molecule has 1 N–H and O–H groups in total. The van der Waals surface area contributed by atoms with Crippen LogP contribution >= 0.6 is 23.2 Å². The molecule has 0 aliphatic carbocycles. The van der Waals surface area contributed by atoms with Gasteiger partial charge in [-0.05, 0) is 30.5 Å². The third kappa shape index (κ3) is 4.09. The first kappa shape index (κ1) is 14.6. The molecule has 1 fully saturated rings. The fourth-order valence-corrected chi connectivity index (χ4v) is 4.29. The van der Waals surface area contributed by atoms with Crippen LogP contribution in [0, 0.1) is 5.92 Å². The number of rotatable bonds is 3. The summed E-state index contributed by atoms with van der Waals surface area (Å²) in [5.74, 6) is -0.0961. The van der Waals surface area contributed by atoms with Crippen LogP contribution in [-0.4, -0.2) is 25.8 Å². The van der Waals surface area contributed by atoms with Gasteiger partial charge in [-0.25, -0.2) is 8.42 Å². The average Bonchev–Trinajstić information content (AvgIpc) is 2.63. The van der Waals surface area contributed by atoms with E-state index in [-0.39, 0.29) is 29.8 Å². The predicted octanol–water partition coefficient (Wildman–Crippen LogP) is 2.76. The van der Waals surface area contributed by atoms with E-state index in [1.807, 2.05) is 0 Å². The van der Waals surface area contributed by atoms with Gasteiger partial charge in [0, 0.05) is 11.4 Å². The number of halogens is 2. The van der Waals surface area contributed by atoms with Crippen molar-refractivity contribution in [2.24, 2.45) is 5.92 Å². The number of carbonyl (C=O) groups excluding carboxylic acids is 1. The highest BCUT2D eigenvalue weighted by Gasteiger charge is 2.29. The predicted molar refractivity (Wildman–Crippen MR) is 76.5 cm³/mol. The van der Waals surface area contributed by atoms with E-state index in [1.54, 1.807) is 18.2 Å². The summed E-state index contributed by atoms with van der Waals surface area (Å²) in [6, 6.07) is 4.79. The van der Waals surface area contributed by atoms with Crippen LogP contribution in [0.25, 0.3) is 0 Å². The lowest BCUT2D eigenvalue weighted by Gasteiger charge is -2.10. The lowest BCUT2D eigenvalue weighted by molar-refractivity contribution is -0.116. The molecule has 19 heavy (non-hydrogen) atoms. The quantitative estimate of drug-likeness (QED) is 0.931. The van der Waals surface area contributed by atoms with E-state index in [2.05, 4.69) is 5.32 Å². The monoisotopic (exact) mass is 321 g/mol. The van der Waals surface area contributed by atoms with Crippen LogP contribution in [0.3, 0.4) is 0 Å². The van der Waals surface area contributed by atoms with Gasteiger partial charge in [-0.1, -0.05) is 23.2 Å². The third-order valence-electron chi connectivity index (χ3n) is 3.00. The van der Waals surface area contributed by atoms with Crippen molar-refractivity contribution in [3.05, 3.63) is 28.2 Å². The number of nitrogens with one attached hydrogen (secondary N) is 1. The maximum atomic E-state index is 11.8. The molecule has 1 atom stereocenters. The van der Waals surface area contributed by atoms with Crippen LogP contribution in [0.2, 0.25) is 10.0 Å². The molecular formula is C12H13Cl2NO3S. The van der Waals surface area contributed by atoms with Gasteiger partial charge < -0.3 is 5.32 Å². The summed E-state index contributed by atoms with van der Waals surface area (Å²) >= 11 is 11.8. The number of amides is 1. The molecule has 2 rings (SSSR count). The number of hydrogen-bond donors (Lipinski definition) is 1. The summed E-state index contributed by atoms with van der Waals surface area (Å²) < 4.78 is 22.6. The minimum atomic E-state index is -2.96. The van der Waals surface area contributed by atoms with Crippen molar-refractivity contribution in [3.8, 4) is 0 Å². The van der Waals surface area contributed by atoms with E-state index in [4.69, 9.17) is 23.2 Å². The molecule has 0 saturated carbocycles. The Morgan fingerprint density at radius 2 is 2.11 bits per heavy atom. The minimum Gasteiger partial charge on any atom is -0.325 e. The zero-order valence-corrected chi connectivity index (χ0v) is 12.4. The smallest absolute Gasteiger partial charge is 0.224 e. The molecule has 1 unspecified atom stereocenters. The first-order chi connectivity index (χ1) is 8.85. The van der Waals surface area contributed by atoms with Crippen molar-refractivity contribution >= 4 is 44.6 Å². The first-order valence-corrected chi connectivity index (χ1v) is 8.39. The summed E-state index contributed by atoms with van der Waals surface area (Å²) in [5, 5.41) is 3.53. The number of benzene rings is 1. The van der Waals surface area contributed by atoms with Gasteiger partial charge >= 0.3 is 0 Å². The van der Waals surface area contributed by atoms with E-state index >= 15 is 0 Å². The summed E-state index contributed by atoms with van der Waals surface area (Å²) in [7, 11) is -2.96. The van der Waals surface area contributed by atoms with Gasteiger partial charge in [0.2, 0.25) is 5.91 Å². The second-order valence-corrected chi connectivity index (χ2v) is 7.72. The normalized spacial score (nSPS) is 21.3. The Bertz CT molecular complexity index is 601. The zero-order valence-electron chi connectivity index (χ0n) is 10.0. The Morgan fingerprint density at radius 1 is 1.37 bits per heavy atom. The average molecular weight is 322 g/mol. The molecule has 1 aliphatic rings. The van der Waals surface area contributed by atoms with Crippen molar-refractivity contribution in [3.63, 3.8) is 0 Å². The van der Waals surface area contributed by atoms with Gasteiger partial charge in [0.15, 0.2) is 9.84 Å². The van der Waals surface area contributed by atoms with E-state index in [0.717, 1.165) is 0 Å². The molecule has 104 valence electrons. The number of carbonyl (C=O) groups is 1. The van der Waals surface area contributed by atoms with Gasteiger partial charge in [0.05, 0.1) is 22.2 Å². The van der Waals surface area contributed by atoms with Crippen molar-refractivity contribution in [2.75, 3.05) is 16.8 Å². The van der Waals surface area contributed by atoms with E-state index in [0.29, 0.717) is 22.2 Å². The lowest BCUT2D eigenvalue weighted by Crippen LogP contribution is -2.17. The molecule has 0 bridgehead atoms. The molecule has 1 aromatic carbocycles. The molecule has 1 saturated heterocycles. The number of anilines is 1. The van der Waals surface area contributed by atoms with Crippen LogP contribution in [0.1, 0.15) is 12.8 Å². The molecule has 1 aliphatic heterocycles. The van der Waals surface area contributed by atoms with E-state index in [9.17, 15) is 13.2 Å². The van der Waals surface area contributed by atoms with Crippen LogP contribution in [0.15, 0.2) is 18.2 Å². The third-order valence-corrected chi connectivity index (χ3v) is 5.40. The SMILES string of the molecule is O=C(CC1CCS(=O)(=O)C1)Nc1cc(Cl)ccc1Cl. The van der Waals surface area contributed by atoms with Crippen LogP contribution in [0.4, 0.5) is 5.69 Å². The van der Waals surface area contributed by atoms with Gasteiger partial charge in [-0.3, -0.25) is 4.79 Å². The van der Waals surface area contributed by atoms with Gasteiger partial charge in [-0.15, -0.1) is 0 Å². The fourth-order valence-electron chi connectivity index (χ4n) is 2.09. The van der Waals surface area contributed by atoms with Crippen LogP contribution < -0.4 is 5.32 Å². The molecule has 0 spiro atoms. The maximum Gasteiger partial charge on any atom is 0.224 e. The molecule has 4 nitrogen and oxygen atoms in total.